The number of amides is 1. The van der Waals surface area contributed by atoms with E-state index in [2.05, 4.69) is 10.3 Å². The monoisotopic (exact) mass is 239 g/mol. The van der Waals surface area contributed by atoms with Crippen LogP contribution in [0.1, 0.15) is 23.2 Å². The number of hydrogen-bond donors (Lipinski definition) is 2. The smallest absolute Gasteiger partial charge is 0.255 e. The van der Waals surface area contributed by atoms with E-state index in [-0.39, 0.29) is 23.5 Å². The third kappa shape index (κ3) is 2.52. The standard InChI is InChI=1S/C11H14FN3O2/c1-17-8-3-7(4-8)15-11(16)9-2-6(12)5-14-10(9)13/h2,5,7-8H,3-4H2,1H3,(H2,13,14)(H,15,16). The molecular formula is C11H14FN3O2. The number of pyridine rings is 1. The molecule has 2 rings (SSSR count). The van der Waals surface area contributed by atoms with Crippen LogP contribution in [-0.2, 0) is 4.74 Å². The summed E-state index contributed by atoms with van der Waals surface area (Å²) in [6, 6.07) is 1.15. The van der Waals surface area contributed by atoms with Gasteiger partial charge in [0.15, 0.2) is 0 Å². The number of carbonyl (C=O) groups is 1. The molecule has 1 aromatic rings. The van der Waals surface area contributed by atoms with E-state index < -0.39 is 11.7 Å². The molecule has 1 saturated carbocycles. The van der Waals surface area contributed by atoms with Crippen LogP contribution in [0.25, 0.3) is 0 Å². The van der Waals surface area contributed by atoms with Gasteiger partial charge in [0.05, 0.1) is 17.9 Å². The van der Waals surface area contributed by atoms with E-state index in [9.17, 15) is 9.18 Å². The molecule has 5 nitrogen and oxygen atoms in total. The summed E-state index contributed by atoms with van der Waals surface area (Å²) in [6.45, 7) is 0. The van der Waals surface area contributed by atoms with Crippen LogP contribution in [-0.4, -0.2) is 30.1 Å². The zero-order chi connectivity index (χ0) is 12.4. The number of halogens is 1. The molecule has 1 aromatic heterocycles. The molecule has 1 heterocycles. The molecule has 0 atom stereocenters. The van der Waals surface area contributed by atoms with Crippen molar-refractivity contribution in [1.29, 1.82) is 0 Å². The lowest BCUT2D eigenvalue weighted by Crippen LogP contribution is -2.47. The topological polar surface area (TPSA) is 77.2 Å². The average molecular weight is 239 g/mol. The predicted octanol–water partition coefficient (Wildman–Crippen LogP) is 0.710. The molecule has 92 valence electrons. The third-order valence-electron chi connectivity index (χ3n) is 2.89. The Morgan fingerprint density at radius 1 is 1.65 bits per heavy atom. The van der Waals surface area contributed by atoms with E-state index in [4.69, 9.17) is 10.5 Å². The first kappa shape index (κ1) is 11.8. The number of nitrogens with two attached hydrogens (primary N) is 1. The second kappa shape index (κ2) is 4.67. The molecular weight excluding hydrogens is 225 g/mol. The van der Waals surface area contributed by atoms with E-state index in [1.54, 1.807) is 7.11 Å². The van der Waals surface area contributed by atoms with Crippen molar-refractivity contribution in [1.82, 2.24) is 10.3 Å². The van der Waals surface area contributed by atoms with Crippen LogP contribution < -0.4 is 11.1 Å². The van der Waals surface area contributed by atoms with Crippen molar-refractivity contribution in [3.63, 3.8) is 0 Å². The molecule has 0 spiro atoms. The van der Waals surface area contributed by atoms with Crippen molar-refractivity contribution in [3.8, 4) is 0 Å². The van der Waals surface area contributed by atoms with Crippen LogP contribution in [0.15, 0.2) is 12.3 Å². The molecule has 1 amide bonds. The highest BCUT2D eigenvalue weighted by atomic mass is 19.1. The SMILES string of the molecule is COC1CC(NC(=O)c2cc(F)cnc2N)C1. The fourth-order valence-electron chi connectivity index (χ4n) is 1.77. The number of methoxy groups -OCH3 is 1. The zero-order valence-corrected chi connectivity index (χ0v) is 9.44. The van der Waals surface area contributed by atoms with Crippen LogP contribution in [0.4, 0.5) is 10.2 Å². The van der Waals surface area contributed by atoms with Gasteiger partial charge in [0.25, 0.3) is 5.91 Å². The van der Waals surface area contributed by atoms with E-state index in [0.717, 1.165) is 25.1 Å². The summed E-state index contributed by atoms with van der Waals surface area (Å²) < 4.78 is 18.0. The Kier molecular flexibility index (Phi) is 3.23. The molecule has 0 aliphatic heterocycles. The Hall–Kier alpha value is -1.69. The lowest BCUT2D eigenvalue weighted by molar-refractivity contribution is 0.0176. The summed E-state index contributed by atoms with van der Waals surface area (Å²) in [5.41, 5.74) is 5.59. The van der Waals surface area contributed by atoms with Crippen LogP contribution in [0, 0.1) is 5.82 Å². The summed E-state index contributed by atoms with van der Waals surface area (Å²) in [4.78, 5) is 15.4. The van der Waals surface area contributed by atoms with Gasteiger partial charge in [0.2, 0.25) is 0 Å². The normalized spacial score (nSPS) is 22.9. The van der Waals surface area contributed by atoms with Crippen molar-refractivity contribution in [2.75, 3.05) is 12.8 Å². The maximum Gasteiger partial charge on any atom is 0.255 e. The average Bonchev–Trinajstić information content (AvgIpc) is 2.25. The number of hydrogen-bond acceptors (Lipinski definition) is 4. The molecule has 1 fully saturated rings. The van der Waals surface area contributed by atoms with Gasteiger partial charge in [0, 0.05) is 13.2 Å². The Bertz CT molecular complexity index is 433. The molecule has 0 radical (unpaired) electrons. The Morgan fingerprint density at radius 3 is 3.00 bits per heavy atom. The zero-order valence-electron chi connectivity index (χ0n) is 9.44. The van der Waals surface area contributed by atoms with Crippen LogP contribution in [0.2, 0.25) is 0 Å². The number of anilines is 1. The first-order valence-corrected chi connectivity index (χ1v) is 5.35. The highest BCUT2D eigenvalue weighted by Crippen LogP contribution is 2.23. The largest absolute Gasteiger partial charge is 0.383 e. The fourth-order valence-corrected chi connectivity index (χ4v) is 1.77. The minimum atomic E-state index is -0.576. The van der Waals surface area contributed by atoms with Gasteiger partial charge in [-0.3, -0.25) is 4.79 Å². The maximum absolute atomic E-state index is 12.9. The molecule has 1 aliphatic rings. The van der Waals surface area contributed by atoms with Crippen LogP contribution in [0.5, 0.6) is 0 Å². The van der Waals surface area contributed by atoms with Crippen molar-refractivity contribution in [2.24, 2.45) is 0 Å². The second-order valence-electron chi connectivity index (χ2n) is 4.09. The maximum atomic E-state index is 12.9. The lowest BCUT2D eigenvalue weighted by Gasteiger charge is -2.34. The number of nitrogens with zero attached hydrogens (tertiary/aromatic N) is 1. The first-order valence-electron chi connectivity index (χ1n) is 5.35. The van der Waals surface area contributed by atoms with Crippen LogP contribution in [0.3, 0.4) is 0 Å². The minimum Gasteiger partial charge on any atom is -0.383 e. The molecule has 3 N–H and O–H groups in total. The molecule has 0 saturated heterocycles. The van der Waals surface area contributed by atoms with Gasteiger partial charge in [-0.05, 0) is 18.9 Å². The minimum absolute atomic E-state index is 0.0338. The van der Waals surface area contributed by atoms with Gasteiger partial charge >= 0.3 is 0 Å². The first-order chi connectivity index (χ1) is 8.10. The van der Waals surface area contributed by atoms with Crippen molar-refractivity contribution in [2.45, 2.75) is 25.0 Å². The second-order valence-corrected chi connectivity index (χ2v) is 4.09. The number of aromatic nitrogens is 1. The number of carbonyl (C=O) groups excluding carboxylic acids is 1. The molecule has 6 heteroatoms. The summed E-state index contributed by atoms with van der Waals surface area (Å²) in [7, 11) is 1.64. The van der Waals surface area contributed by atoms with Gasteiger partial charge in [-0.2, -0.15) is 0 Å². The van der Waals surface area contributed by atoms with E-state index in [0.29, 0.717) is 0 Å². The molecule has 0 aromatic carbocycles. The number of nitrogens with one attached hydrogen (secondary N) is 1. The van der Waals surface area contributed by atoms with E-state index >= 15 is 0 Å². The lowest BCUT2D eigenvalue weighted by atomic mass is 9.89. The van der Waals surface area contributed by atoms with E-state index in [1.807, 2.05) is 0 Å². The number of rotatable bonds is 3. The van der Waals surface area contributed by atoms with Gasteiger partial charge in [-0.25, -0.2) is 9.37 Å². The highest BCUT2D eigenvalue weighted by molar-refractivity contribution is 5.98. The summed E-state index contributed by atoms with van der Waals surface area (Å²) in [5, 5.41) is 2.76. The number of ether oxygens (including phenoxy) is 1. The third-order valence-corrected chi connectivity index (χ3v) is 2.89. The van der Waals surface area contributed by atoms with Gasteiger partial charge in [0.1, 0.15) is 11.6 Å². The Labute approximate surface area is 98.2 Å². The van der Waals surface area contributed by atoms with E-state index in [1.165, 1.54) is 0 Å². The van der Waals surface area contributed by atoms with Crippen molar-refractivity contribution >= 4 is 11.7 Å². The Balaban J connectivity index is 1.98. The summed E-state index contributed by atoms with van der Waals surface area (Å²) in [6.07, 6.45) is 2.72. The summed E-state index contributed by atoms with van der Waals surface area (Å²) in [5.74, 6) is -0.937. The molecule has 17 heavy (non-hydrogen) atoms. The molecule has 0 bridgehead atoms. The Morgan fingerprint density at radius 2 is 2.35 bits per heavy atom. The van der Waals surface area contributed by atoms with Gasteiger partial charge in [-0.1, -0.05) is 0 Å². The van der Waals surface area contributed by atoms with Gasteiger partial charge < -0.3 is 15.8 Å². The van der Waals surface area contributed by atoms with Crippen molar-refractivity contribution < 1.29 is 13.9 Å². The molecule has 0 unspecified atom stereocenters. The van der Waals surface area contributed by atoms with Crippen LogP contribution >= 0.6 is 0 Å². The summed E-state index contributed by atoms with van der Waals surface area (Å²) >= 11 is 0. The quantitative estimate of drug-likeness (QED) is 0.814. The van der Waals surface area contributed by atoms with Gasteiger partial charge in [-0.15, -0.1) is 0 Å². The highest BCUT2D eigenvalue weighted by Gasteiger charge is 2.30. The number of nitrogen functional groups attached to an aromatic ring is 1. The predicted molar refractivity (Wildman–Crippen MR) is 59.9 cm³/mol. The molecule has 1 aliphatic carbocycles. The van der Waals surface area contributed by atoms with Crippen molar-refractivity contribution in [3.05, 3.63) is 23.6 Å². The fraction of sp³-hybridized carbons (Fsp3) is 0.455.